The lowest BCUT2D eigenvalue weighted by atomic mass is 9.97. The predicted molar refractivity (Wildman–Crippen MR) is 98.4 cm³/mol. The van der Waals surface area contributed by atoms with Gasteiger partial charge in [0.25, 0.3) is 0 Å². The molecular weight excluding hydrogens is 346 g/mol. The van der Waals surface area contributed by atoms with Crippen molar-refractivity contribution in [3.8, 4) is 0 Å². The number of carbonyl (C=O) groups excluding carboxylic acids is 2. The van der Waals surface area contributed by atoms with Crippen LogP contribution in [0.2, 0.25) is 0 Å². The van der Waals surface area contributed by atoms with E-state index >= 15 is 0 Å². The average Bonchev–Trinajstić information content (AvgIpc) is 2.59. The van der Waals surface area contributed by atoms with E-state index in [1.165, 1.54) is 0 Å². The number of rotatable bonds is 15. The Kier molecular flexibility index (Phi) is 13.9. The van der Waals surface area contributed by atoms with E-state index in [4.69, 9.17) is 19.3 Å². The van der Waals surface area contributed by atoms with Crippen molar-refractivity contribution in [2.45, 2.75) is 34.1 Å². The van der Waals surface area contributed by atoms with Crippen LogP contribution in [0.5, 0.6) is 0 Å². The minimum atomic E-state index is -0.593. The summed E-state index contributed by atoms with van der Waals surface area (Å²) >= 11 is 1.60. The van der Waals surface area contributed by atoms with Gasteiger partial charge in [-0.15, -0.1) is 0 Å². The first-order valence-corrected chi connectivity index (χ1v) is 9.79. The molecule has 8 heteroatoms. The van der Waals surface area contributed by atoms with Gasteiger partial charge in [-0.3, -0.25) is 9.59 Å². The summed E-state index contributed by atoms with van der Waals surface area (Å²) < 4.78 is 15.6. The lowest BCUT2D eigenvalue weighted by Gasteiger charge is -2.21. The molecule has 0 spiro atoms. The molecule has 1 amide bonds. The zero-order valence-electron chi connectivity index (χ0n) is 15.8. The van der Waals surface area contributed by atoms with E-state index in [0.717, 1.165) is 12.2 Å². The highest BCUT2D eigenvalue weighted by atomic mass is 32.2. The maximum Gasteiger partial charge on any atom is 0.312 e. The maximum atomic E-state index is 11.8. The molecule has 0 aliphatic rings. The van der Waals surface area contributed by atoms with Crippen LogP contribution >= 0.6 is 11.8 Å². The fourth-order valence-electron chi connectivity index (χ4n) is 1.62. The number of carbonyl (C=O) groups is 2. The lowest BCUT2D eigenvalue weighted by molar-refractivity contribution is -0.153. The molecule has 2 N–H and O–H groups in total. The Morgan fingerprint density at radius 2 is 1.88 bits per heavy atom. The first-order valence-electron chi connectivity index (χ1n) is 8.64. The molecule has 1 unspecified atom stereocenters. The molecule has 0 fully saturated rings. The van der Waals surface area contributed by atoms with Crippen LogP contribution in [0.3, 0.4) is 0 Å². The monoisotopic (exact) mass is 379 g/mol. The molecule has 0 saturated carbocycles. The zero-order valence-corrected chi connectivity index (χ0v) is 16.7. The van der Waals surface area contributed by atoms with Crippen LogP contribution in [0, 0.1) is 11.3 Å². The molecule has 0 saturated heterocycles. The Morgan fingerprint density at radius 1 is 1.20 bits per heavy atom. The summed E-state index contributed by atoms with van der Waals surface area (Å²) in [5.41, 5.74) is -0.593. The highest BCUT2D eigenvalue weighted by Crippen LogP contribution is 2.23. The van der Waals surface area contributed by atoms with Crippen molar-refractivity contribution in [3.63, 3.8) is 0 Å². The minimum absolute atomic E-state index is 0.0263. The summed E-state index contributed by atoms with van der Waals surface area (Å²) in [6.45, 7) is 8.97. The molecule has 25 heavy (non-hydrogen) atoms. The highest BCUT2D eigenvalue weighted by molar-refractivity contribution is 7.99. The van der Waals surface area contributed by atoms with E-state index in [9.17, 15) is 9.59 Å². The fourth-order valence-corrected chi connectivity index (χ4v) is 2.63. The summed E-state index contributed by atoms with van der Waals surface area (Å²) in [4.78, 5) is 23.3. The van der Waals surface area contributed by atoms with Gasteiger partial charge in [0.15, 0.2) is 0 Å². The van der Waals surface area contributed by atoms with Crippen molar-refractivity contribution in [2.75, 3.05) is 51.3 Å². The van der Waals surface area contributed by atoms with Crippen LogP contribution in [0.4, 0.5) is 0 Å². The SMILES string of the molecule is CCC(C)C(=O)NCCOCOCCSCC(C)(C)C(=O)OCCO. The maximum absolute atomic E-state index is 11.8. The number of hydrogen-bond donors (Lipinski definition) is 2. The average molecular weight is 380 g/mol. The number of amides is 1. The predicted octanol–water partition coefficient (Wildman–Crippen LogP) is 1.43. The number of thioether (sulfide) groups is 1. The van der Waals surface area contributed by atoms with E-state index in [-0.39, 0.29) is 37.8 Å². The summed E-state index contributed by atoms with van der Waals surface area (Å²) in [6, 6.07) is 0. The van der Waals surface area contributed by atoms with Crippen molar-refractivity contribution >= 4 is 23.6 Å². The minimum Gasteiger partial charge on any atom is -0.463 e. The third-order valence-electron chi connectivity index (χ3n) is 3.48. The van der Waals surface area contributed by atoms with Crippen molar-refractivity contribution in [2.24, 2.45) is 11.3 Å². The number of aliphatic hydroxyl groups is 1. The standard InChI is InChI=1S/C17H33NO6S/c1-5-14(2)15(20)18-6-8-22-13-23-10-11-25-12-17(3,4)16(21)24-9-7-19/h14,19H,5-13H2,1-4H3,(H,18,20). The highest BCUT2D eigenvalue weighted by Gasteiger charge is 2.29. The van der Waals surface area contributed by atoms with Gasteiger partial charge in [0.05, 0.1) is 25.2 Å². The summed E-state index contributed by atoms with van der Waals surface area (Å²) in [5, 5.41) is 11.5. The molecule has 0 aromatic rings. The molecule has 1 atom stereocenters. The number of hydrogen-bond acceptors (Lipinski definition) is 7. The fraction of sp³-hybridized carbons (Fsp3) is 0.882. The molecule has 148 valence electrons. The first-order chi connectivity index (χ1) is 11.8. The second kappa shape index (κ2) is 14.4. The Hall–Kier alpha value is -0.830. The van der Waals surface area contributed by atoms with Crippen molar-refractivity contribution in [1.29, 1.82) is 0 Å². The lowest BCUT2D eigenvalue weighted by Crippen LogP contribution is -2.31. The quantitative estimate of drug-likeness (QED) is 0.252. The van der Waals surface area contributed by atoms with Gasteiger partial charge < -0.3 is 24.6 Å². The molecule has 0 rings (SSSR count). The van der Waals surface area contributed by atoms with Gasteiger partial charge >= 0.3 is 5.97 Å². The van der Waals surface area contributed by atoms with Crippen LogP contribution in [0.25, 0.3) is 0 Å². The molecule has 0 aromatic heterocycles. The number of ether oxygens (including phenoxy) is 3. The number of esters is 1. The van der Waals surface area contributed by atoms with Gasteiger partial charge in [-0.05, 0) is 20.3 Å². The number of nitrogens with one attached hydrogen (secondary N) is 1. The third kappa shape index (κ3) is 12.2. The Balaban J connectivity index is 3.52. The van der Waals surface area contributed by atoms with Crippen LogP contribution in [-0.2, 0) is 23.8 Å². The summed E-state index contributed by atoms with van der Waals surface area (Å²) in [6.07, 6.45) is 0.823. The van der Waals surface area contributed by atoms with Crippen LogP contribution in [0.1, 0.15) is 34.1 Å². The second-order valence-corrected chi connectivity index (χ2v) is 7.44. The Bertz CT molecular complexity index is 378. The molecule has 0 aliphatic carbocycles. The smallest absolute Gasteiger partial charge is 0.312 e. The van der Waals surface area contributed by atoms with Crippen LogP contribution in [0.15, 0.2) is 0 Å². The van der Waals surface area contributed by atoms with Gasteiger partial charge in [-0.25, -0.2) is 0 Å². The van der Waals surface area contributed by atoms with E-state index in [1.807, 2.05) is 27.7 Å². The van der Waals surface area contributed by atoms with E-state index < -0.39 is 5.41 Å². The van der Waals surface area contributed by atoms with Gasteiger partial charge in [0.1, 0.15) is 13.4 Å². The molecule has 0 aliphatic heterocycles. The number of aliphatic hydroxyl groups excluding tert-OH is 1. The van der Waals surface area contributed by atoms with E-state index in [2.05, 4.69) is 5.32 Å². The summed E-state index contributed by atoms with van der Waals surface area (Å²) in [7, 11) is 0. The van der Waals surface area contributed by atoms with Gasteiger partial charge in [-0.1, -0.05) is 13.8 Å². The van der Waals surface area contributed by atoms with Gasteiger partial charge in [0, 0.05) is 24.0 Å². The van der Waals surface area contributed by atoms with Gasteiger partial charge in [0.2, 0.25) is 5.91 Å². The van der Waals surface area contributed by atoms with Crippen LogP contribution in [-0.4, -0.2) is 68.3 Å². The molecular formula is C17H33NO6S. The zero-order chi connectivity index (χ0) is 19.1. The van der Waals surface area contributed by atoms with Crippen molar-refractivity contribution < 1.29 is 28.9 Å². The summed E-state index contributed by atoms with van der Waals surface area (Å²) in [5.74, 6) is 1.12. The van der Waals surface area contributed by atoms with Crippen LogP contribution < -0.4 is 5.32 Å². The first kappa shape index (κ1) is 24.2. The molecule has 0 heterocycles. The Labute approximate surface area is 155 Å². The molecule has 0 radical (unpaired) electrons. The molecule has 7 nitrogen and oxygen atoms in total. The third-order valence-corrected chi connectivity index (χ3v) is 4.87. The van der Waals surface area contributed by atoms with E-state index in [1.54, 1.807) is 11.8 Å². The largest absolute Gasteiger partial charge is 0.463 e. The molecule has 0 bridgehead atoms. The molecule has 0 aromatic carbocycles. The Morgan fingerprint density at radius 3 is 2.52 bits per heavy atom. The van der Waals surface area contributed by atoms with Gasteiger partial charge in [-0.2, -0.15) is 11.8 Å². The topological polar surface area (TPSA) is 94.1 Å². The van der Waals surface area contributed by atoms with Crippen molar-refractivity contribution in [1.82, 2.24) is 5.32 Å². The van der Waals surface area contributed by atoms with Crippen molar-refractivity contribution in [3.05, 3.63) is 0 Å². The van der Waals surface area contributed by atoms with E-state index in [0.29, 0.717) is 25.5 Å². The second-order valence-electron chi connectivity index (χ2n) is 6.33. The normalized spacial score (nSPS) is 12.7.